The summed E-state index contributed by atoms with van der Waals surface area (Å²) in [5, 5.41) is 0. The molecule has 0 amide bonds. The number of hydrogen-bond acceptors (Lipinski definition) is 2. The van der Waals surface area contributed by atoms with Gasteiger partial charge in [-0.05, 0) is 37.1 Å². The van der Waals surface area contributed by atoms with Gasteiger partial charge in [0.15, 0.2) is 11.6 Å². The Balaban J connectivity index is 2.59. The molecule has 0 aliphatic heterocycles. The molecule has 0 fully saturated rings. The van der Waals surface area contributed by atoms with Crippen LogP contribution in [-0.4, -0.2) is 7.11 Å². The van der Waals surface area contributed by atoms with Gasteiger partial charge in [0, 0.05) is 11.1 Å². The minimum absolute atomic E-state index is 0.121. The number of benzene rings is 2. The highest BCUT2D eigenvalue weighted by Crippen LogP contribution is 2.33. The lowest BCUT2D eigenvalue weighted by Crippen LogP contribution is -2.17. The lowest BCUT2D eigenvalue weighted by molar-refractivity contribution is 0.406. The normalized spacial score (nSPS) is 12.3. The highest BCUT2D eigenvalue weighted by molar-refractivity contribution is 5.48. The van der Waals surface area contributed by atoms with E-state index in [1.54, 1.807) is 0 Å². The molecule has 1 atom stereocenters. The molecule has 0 bridgehead atoms. The summed E-state index contributed by atoms with van der Waals surface area (Å²) in [5.74, 6) is -1.23. The molecule has 2 aromatic carbocycles. The highest BCUT2D eigenvalue weighted by Gasteiger charge is 2.21. The van der Waals surface area contributed by atoms with E-state index in [-0.39, 0.29) is 5.56 Å². The summed E-state index contributed by atoms with van der Waals surface area (Å²) in [6.07, 6.45) is 0. The molecule has 0 radical (unpaired) electrons. The van der Waals surface area contributed by atoms with Crippen molar-refractivity contribution < 1.29 is 13.5 Å². The minimum Gasteiger partial charge on any atom is -0.496 e. The molecule has 0 saturated carbocycles. The first-order valence-electron chi connectivity index (χ1n) is 6.30. The average molecular weight is 277 g/mol. The summed E-state index contributed by atoms with van der Waals surface area (Å²) in [6, 6.07) is 7.01. The molecule has 4 heteroatoms. The Morgan fingerprint density at radius 1 is 1.15 bits per heavy atom. The van der Waals surface area contributed by atoms with Crippen LogP contribution in [0.25, 0.3) is 0 Å². The van der Waals surface area contributed by atoms with Gasteiger partial charge in [0.1, 0.15) is 5.75 Å². The number of rotatable bonds is 3. The fraction of sp³-hybridized carbons (Fsp3) is 0.250. The third-order valence-electron chi connectivity index (χ3n) is 3.34. The lowest BCUT2D eigenvalue weighted by Gasteiger charge is -2.20. The molecule has 20 heavy (non-hydrogen) atoms. The molecular weight excluding hydrogens is 260 g/mol. The van der Waals surface area contributed by atoms with Gasteiger partial charge in [0.05, 0.1) is 13.2 Å². The summed E-state index contributed by atoms with van der Waals surface area (Å²) in [5.41, 5.74) is 8.83. The first kappa shape index (κ1) is 14.5. The molecule has 2 nitrogen and oxygen atoms in total. The van der Waals surface area contributed by atoms with E-state index in [4.69, 9.17) is 10.5 Å². The molecule has 0 aliphatic rings. The third kappa shape index (κ3) is 2.51. The van der Waals surface area contributed by atoms with Gasteiger partial charge in [-0.1, -0.05) is 18.2 Å². The van der Waals surface area contributed by atoms with Gasteiger partial charge in [-0.2, -0.15) is 0 Å². The van der Waals surface area contributed by atoms with E-state index in [1.165, 1.54) is 19.2 Å². The van der Waals surface area contributed by atoms with E-state index < -0.39 is 17.7 Å². The van der Waals surface area contributed by atoms with Gasteiger partial charge in [-0.25, -0.2) is 8.78 Å². The van der Waals surface area contributed by atoms with Crippen LogP contribution < -0.4 is 10.5 Å². The number of ether oxygens (including phenoxy) is 1. The zero-order chi connectivity index (χ0) is 14.9. The summed E-state index contributed by atoms with van der Waals surface area (Å²) >= 11 is 0. The Morgan fingerprint density at radius 3 is 2.50 bits per heavy atom. The fourth-order valence-electron chi connectivity index (χ4n) is 2.42. The SMILES string of the molecule is COc1cc(C)cc(C)c1C(N)c1cccc(F)c1F. The Hall–Kier alpha value is -1.94. The van der Waals surface area contributed by atoms with E-state index in [9.17, 15) is 8.78 Å². The topological polar surface area (TPSA) is 35.2 Å². The molecule has 106 valence electrons. The third-order valence-corrected chi connectivity index (χ3v) is 3.34. The molecule has 0 aromatic heterocycles. The standard InChI is InChI=1S/C16H17F2NO/c1-9-7-10(2)14(13(8-9)20-3)16(19)11-5-4-6-12(17)15(11)18/h4-8,16H,19H2,1-3H3. The summed E-state index contributed by atoms with van der Waals surface area (Å²) in [6.45, 7) is 3.81. The van der Waals surface area contributed by atoms with Crippen molar-refractivity contribution in [3.8, 4) is 5.75 Å². The van der Waals surface area contributed by atoms with Gasteiger partial charge >= 0.3 is 0 Å². The monoisotopic (exact) mass is 277 g/mol. The second kappa shape index (κ2) is 5.59. The van der Waals surface area contributed by atoms with Crippen molar-refractivity contribution in [1.82, 2.24) is 0 Å². The van der Waals surface area contributed by atoms with Crippen LogP contribution in [0.2, 0.25) is 0 Å². The first-order valence-corrected chi connectivity index (χ1v) is 6.30. The van der Waals surface area contributed by atoms with Gasteiger partial charge in [0.2, 0.25) is 0 Å². The van der Waals surface area contributed by atoms with Gasteiger partial charge < -0.3 is 10.5 Å². The molecule has 0 heterocycles. The van der Waals surface area contributed by atoms with Crippen LogP contribution in [0.5, 0.6) is 5.75 Å². The van der Waals surface area contributed by atoms with Crippen molar-refractivity contribution in [1.29, 1.82) is 0 Å². The summed E-state index contributed by atoms with van der Waals surface area (Å²) < 4.78 is 32.6. The predicted molar refractivity (Wildman–Crippen MR) is 74.9 cm³/mol. The Labute approximate surface area is 117 Å². The van der Waals surface area contributed by atoms with Crippen LogP contribution in [0, 0.1) is 25.5 Å². The Kier molecular flexibility index (Phi) is 4.04. The molecule has 1 unspecified atom stereocenters. The number of hydrogen-bond donors (Lipinski definition) is 1. The number of aryl methyl sites for hydroxylation is 2. The van der Waals surface area contributed by atoms with E-state index >= 15 is 0 Å². The molecular formula is C16H17F2NO. The Morgan fingerprint density at radius 2 is 1.85 bits per heavy atom. The van der Waals surface area contributed by atoms with Crippen LogP contribution >= 0.6 is 0 Å². The minimum atomic E-state index is -0.915. The second-order valence-electron chi connectivity index (χ2n) is 4.82. The van der Waals surface area contributed by atoms with E-state index in [2.05, 4.69) is 0 Å². The van der Waals surface area contributed by atoms with Gasteiger partial charge in [-0.15, -0.1) is 0 Å². The van der Waals surface area contributed by atoms with Crippen LogP contribution in [0.1, 0.15) is 28.3 Å². The maximum atomic E-state index is 13.9. The van der Waals surface area contributed by atoms with Crippen molar-refractivity contribution in [2.45, 2.75) is 19.9 Å². The van der Waals surface area contributed by atoms with Gasteiger partial charge in [0.25, 0.3) is 0 Å². The van der Waals surface area contributed by atoms with E-state index in [0.717, 1.165) is 17.2 Å². The molecule has 0 saturated heterocycles. The van der Waals surface area contributed by atoms with E-state index in [1.807, 2.05) is 26.0 Å². The Bertz CT molecular complexity index is 641. The lowest BCUT2D eigenvalue weighted by atomic mass is 9.93. The smallest absolute Gasteiger partial charge is 0.163 e. The van der Waals surface area contributed by atoms with Crippen LogP contribution in [0.4, 0.5) is 8.78 Å². The van der Waals surface area contributed by atoms with Crippen molar-refractivity contribution in [2.24, 2.45) is 5.73 Å². The molecule has 0 spiro atoms. The highest BCUT2D eigenvalue weighted by atomic mass is 19.2. The second-order valence-corrected chi connectivity index (χ2v) is 4.82. The molecule has 2 N–H and O–H groups in total. The van der Waals surface area contributed by atoms with Crippen molar-refractivity contribution in [2.75, 3.05) is 7.11 Å². The van der Waals surface area contributed by atoms with Gasteiger partial charge in [-0.3, -0.25) is 0 Å². The zero-order valence-corrected chi connectivity index (χ0v) is 11.7. The number of methoxy groups -OCH3 is 1. The van der Waals surface area contributed by atoms with Crippen LogP contribution in [0.15, 0.2) is 30.3 Å². The fourth-order valence-corrected chi connectivity index (χ4v) is 2.42. The molecule has 2 rings (SSSR count). The summed E-state index contributed by atoms with van der Waals surface area (Å²) in [4.78, 5) is 0. The molecule has 2 aromatic rings. The van der Waals surface area contributed by atoms with Crippen molar-refractivity contribution >= 4 is 0 Å². The zero-order valence-electron chi connectivity index (χ0n) is 11.7. The average Bonchev–Trinajstić information content (AvgIpc) is 2.40. The number of nitrogens with two attached hydrogens (primary N) is 1. The quantitative estimate of drug-likeness (QED) is 0.929. The predicted octanol–water partition coefficient (Wildman–Crippen LogP) is 3.64. The molecule has 0 aliphatic carbocycles. The summed E-state index contributed by atoms with van der Waals surface area (Å²) in [7, 11) is 1.53. The van der Waals surface area contributed by atoms with E-state index in [0.29, 0.717) is 11.3 Å². The van der Waals surface area contributed by atoms with Crippen LogP contribution in [-0.2, 0) is 0 Å². The maximum Gasteiger partial charge on any atom is 0.163 e. The van der Waals surface area contributed by atoms with Crippen molar-refractivity contribution in [3.63, 3.8) is 0 Å². The first-order chi connectivity index (χ1) is 9.45. The van der Waals surface area contributed by atoms with Crippen molar-refractivity contribution in [3.05, 3.63) is 64.2 Å². The maximum absolute atomic E-state index is 13.9. The van der Waals surface area contributed by atoms with Crippen LogP contribution in [0.3, 0.4) is 0 Å². The number of halogens is 2. The largest absolute Gasteiger partial charge is 0.496 e.